The number of rotatable bonds is 7. The zero-order valence-corrected chi connectivity index (χ0v) is 12.7. The van der Waals surface area contributed by atoms with Gasteiger partial charge in [-0.25, -0.2) is 9.97 Å². The van der Waals surface area contributed by atoms with Gasteiger partial charge in [-0.1, -0.05) is 11.8 Å². The lowest BCUT2D eigenvalue weighted by molar-refractivity contribution is -0.128. The molecule has 1 aromatic heterocycles. The highest BCUT2D eigenvalue weighted by atomic mass is 32.2. The summed E-state index contributed by atoms with van der Waals surface area (Å²) >= 11 is 1.49. The molecule has 1 rings (SSSR count). The second-order valence-corrected chi connectivity index (χ2v) is 4.89. The van der Waals surface area contributed by atoms with E-state index in [9.17, 15) is 4.79 Å². The first kappa shape index (κ1) is 15.6. The van der Waals surface area contributed by atoms with Crippen LogP contribution in [0.3, 0.4) is 0 Å². The average molecular weight is 283 g/mol. The monoisotopic (exact) mass is 283 g/mol. The molecule has 0 aliphatic rings. The van der Waals surface area contributed by atoms with Gasteiger partial charge in [-0.05, 0) is 13.2 Å². The van der Waals surface area contributed by atoms with Crippen molar-refractivity contribution in [3.63, 3.8) is 0 Å². The highest BCUT2D eigenvalue weighted by Gasteiger charge is 2.06. The van der Waals surface area contributed by atoms with Crippen LogP contribution in [0, 0.1) is 0 Å². The van der Waals surface area contributed by atoms with Crippen LogP contribution in [-0.4, -0.2) is 54.2 Å². The molecule has 1 amide bonds. The molecule has 0 atom stereocenters. The Morgan fingerprint density at radius 3 is 2.47 bits per heavy atom. The molecular formula is C12H21N5OS. The van der Waals surface area contributed by atoms with Crippen LogP contribution in [0.15, 0.2) is 11.2 Å². The van der Waals surface area contributed by atoms with Crippen LogP contribution in [0.2, 0.25) is 0 Å². The van der Waals surface area contributed by atoms with Gasteiger partial charge in [0.05, 0.1) is 0 Å². The molecule has 0 bridgehead atoms. The molecule has 0 saturated carbocycles. The number of amides is 1. The summed E-state index contributed by atoms with van der Waals surface area (Å²) in [7, 11) is 3.50. The van der Waals surface area contributed by atoms with E-state index >= 15 is 0 Å². The molecule has 7 heteroatoms. The molecular weight excluding hydrogens is 262 g/mol. The first-order valence-electron chi connectivity index (χ1n) is 6.17. The molecule has 1 aromatic rings. The van der Waals surface area contributed by atoms with Crippen molar-refractivity contribution in [2.75, 3.05) is 44.1 Å². The number of hydrogen-bond donors (Lipinski definition) is 2. The number of carbonyl (C=O) groups excluding carboxylic acids is 1. The molecule has 1 heterocycles. The van der Waals surface area contributed by atoms with E-state index in [0.29, 0.717) is 18.1 Å². The third kappa shape index (κ3) is 5.34. The van der Waals surface area contributed by atoms with Crippen molar-refractivity contribution in [3.05, 3.63) is 6.07 Å². The summed E-state index contributed by atoms with van der Waals surface area (Å²) in [6.07, 6.45) is 2.38. The van der Waals surface area contributed by atoms with Crippen LogP contribution in [0.5, 0.6) is 0 Å². The van der Waals surface area contributed by atoms with Crippen molar-refractivity contribution in [3.8, 4) is 0 Å². The minimum Gasteiger partial charge on any atom is -0.370 e. The minimum atomic E-state index is 0.0959. The summed E-state index contributed by atoms with van der Waals surface area (Å²) in [5.41, 5.74) is 0. The summed E-state index contributed by atoms with van der Waals surface area (Å²) in [6, 6.07) is 1.85. The fourth-order valence-corrected chi connectivity index (χ4v) is 1.78. The van der Waals surface area contributed by atoms with Crippen LogP contribution >= 0.6 is 11.8 Å². The molecule has 0 spiro atoms. The fourth-order valence-electron chi connectivity index (χ4n) is 1.40. The van der Waals surface area contributed by atoms with Gasteiger partial charge in [0.15, 0.2) is 5.16 Å². The van der Waals surface area contributed by atoms with Crippen molar-refractivity contribution in [2.24, 2.45) is 0 Å². The van der Waals surface area contributed by atoms with Gasteiger partial charge in [-0.15, -0.1) is 0 Å². The number of thioether (sulfide) groups is 1. The van der Waals surface area contributed by atoms with Gasteiger partial charge >= 0.3 is 0 Å². The van der Waals surface area contributed by atoms with E-state index in [2.05, 4.69) is 20.6 Å². The standard InChI is InChI=1S/C12H21N5OS/c1-5-13-9-8-10(16-12(15-9)19-4)14-7-6-11(18)17(2)3/h8H,5-7H2,1-4H3,(H2,13,14,15,16). The summed E-state index contributed by atoms with van der Waals surface area (Å²) < 4.78 is 0. The second kappa shape index (κ2) is 7.83. The maximum absolute atomic E-state index is 11.5. The zero-order valence-electron chi connectivity index (χ0n) is 11.9. The Morgan fingerprint density at radius 1 is 1.32 bits per heavy atom. The first-order chi connectivity index (χ1) is 9.06. The Bertz CT molecular complexity index is 425. The number of carbonyl (C=O) groups is 1. The smallest absolute Gasteiger partial charge is 0.223 e. The van der Waals surface area contributed by atoms with Crippen LogP contribution in [-0.2, 0) is 4.79 Å². The third-order valence-electron chi connectivity index (χ3n) is 2.39. The van der Waals surface area contributed by atoms with Crippen LogP contribution in [0.1, 0.15) is 13.3 Å². The van der Waals surface area contributed by atoms with Gasteiger partial charge in [0, 0.05) is 39.7 Å². The number of hydrogen-bond acceptors (Lipinski definition) is 6. The van der Waals surface area contributed by atoms with Crippen LogP contribution in [0.25, 0.3) is 0 Å². The van der Waals surface area contributed by atoms with E-state index in [-0.39, 0.29) is 5.91 Å². The molecule has 0 saturated heterocycles. The third-order valence-corrected chi connectivity index (χ3v) is 2.94. The van der Waals surface area contributed by atoms with Crippen LogP contribution in [0.4, 0.5) is 11.6 Å². The van der Waals surface area contributed by atoms with E-state index in [1.54, 1.807) is 19.0 Å². The Kier molecular flexibility index (Phi) is 6.41. The molecule has 19 heavy (non-hydrogen) atoms. The highest BCUT2D eigenvalue weighted by molar-refractivity contribution is 7.98. The second-order valence-electron chi connectivity index (χ2n) is 4.12. The van der Waals surface area contributed by atoms with Gasteiger partial charge < -0.3 is 15.5 Å². The SMILES string of the molecule is CCNc1cc(NCCC(=O)N(C)C)nc(SC)n1. The lowest BCUT2D eigenvalue weighted by atomic mass is 10.3. The van der Waals surface area contributed by atoms with Gasteiger partial charge in [0.25, 0.3) is 0 Å². The Labute approximate surface area is 118 Å². The lowest BCUT2D eigenvalue weighted by Gasteiger charge is -2.12. The number of nitrogens with one attached hydrogen (secondary N) is 2. The number of nitrogens with zero attached hydrogens (tertiary/aromatic N) is 3. The van der Waals surface area contributed by atoms with Gasteiger partial charge in [0.1, 0.15) is 11.6 Å². The summed E-state index contributed by atoms with van der Waals surface area (Å²) in [4.78, 5) is 21.7. The van der Waals surface area contributed by atoms with Gasteiger partial charge in [0.2, 0.25) is 5.91 Å². The maximum Gasteiger partial charge on any atom is 0.223 e. The highest BCUT2D eigenvalue weighted by Crippen LogP contribution is 2.17. The Hall–Kier alpha value is -1.50. The summed E-state index contributed by atoms with van der Waals surface area (Å²) in [5, 5.41) is 7.02. The molecule has 0 radical (unpaired) electrons. The normalized spacial score (nSPS) is 10.1. The van der Waals surface area contributed by atoms with E-state index < -0.39 is 0 Å². The van der Waals surface area contributed by atoms with Crippen molar-refractivity contribution in [1.82, 2.24) is 14.9 Å². The number of aromatic nitrogens is 2. The number of anilines is 2. The van der Waals surface area contributed by atoms with Crippen molar-refractivity contribution >= 4 is 29.3 Å². The Balaban J connectivity index is 2.61. The molecule has 2 N–H and O–H groups in total. The molecule has 0 aliphatic carbocycles. The van der Waals surface area contributed by atoms with Gasteiger partial charge in [-0.2, -0.15) is 0 Å². The largest absolute Gasteiger partial charge is 0.370 e. The first-order valence-corrected chi connectivity index (χ1v) is 7.40. The van der Waals surface area contributed by atoms with E-state index in [1.165, 1.54) is 11.8 Å². The van der Waals surface area contributed by atoms with E-state index in [0.717, 1.165) is 18.2 Å². The zero-order chi connectivity index (χ0) is 14.3. The topological polar surface area (TPSA) is 70.2 Å². The molecule has 0 aromatic carbocycles. The lowest BCUT2D eigenvalue weighted by Crippen LogP contribution is -2.24. The van der Waals surface area contributed by atoms with Crippen LogP contribution < -0.4 is 10.6 Å². The predicted octanol–water partition coefficient (Wildman–Crippen LogP) is 1.52. The van der Waals surface area contributed by atoms with Crippen molar-refractivity contribution in [2.45, 2.75) is 18.5 Å². The molecule has 0 aliphatic heterocycles. The molecule has 0 unspecified atom stereocenters. The van der Waals surface area contributed by atoms with Gasteiger partial charge in [-0.3, -0.25) is 4.79 Å². The van der Waals surface area contributed by atoms with E-state index in [1.807, 2.05) is 19.2 Å². The summed E-state index contributed by atoms with van der Waals surface area (Å²) in [6.45, 7) is 3.39. The predicted molar refractivity (Wildman–Crippen MR) is 79.8 cm³/mol. The van der Waals surface area contributed by atoms with Crippen molar-refractivity contribution < 1.29 is 4.79 Å². The van der Waals surface area contributed by atoms with Crippen molar-refractivity contribution in [1.29, 1.82) is 0 Å². The molecule has 6 nitrogen and oxygen atoms in total. The fraction of sp³-hybridized carbons (Fsp3) is 0.583. The molecule has 0 fully saturated rings. The molecule has 106 valence electrons. The maximum atomic E-state index is 11.5. The average Bonchev–Trinajstić information content (AvgIpc) is 2.38. The summed E-state index contributed by atoms with van der Waals surface area (Å²) in [5.74, 6) is 1.63. The Morgan fingerprint density at radius 2 is 1.95 bits per heavy atom. The van der Waals surface area contributed by atoms with E-state index in [4.69, 9.17) is 0 Å². The minimum absolute atomic E-state index is 0.0959. The quantitative estimate of drug-likeness (QED) is 0.584.